The molecule has 0 bridgehead atoms. The van der Waals surface area contributed by atoms with Gasteiger partial charge in [-0.25, -0.2) is 4.79 Å². The Kier molecular flexibility index (Phi) is 9.52. The summed E-state index contributed by atoms with van der Waals surface area (Å²) >= 11 is 0. The zero-order valence-corrected chi connectivity index (χ0v) is 25.3. The van der Waals surface area contributed by atoms with Crippen LogP contribution in [0.1, 0.15) is 40.4 Å². The molecule has 5 atom stereocenters. The molecular formula is C37H40N4O4. The molecule has 8 nitrogen and oxygen atoms in total. The number of aliphatic hydroxyl groups is 2. The van der Waals surface area contributed by atoms with Crippen molar-refractivity contribution in [2.75, 3.05) is 13.1 Å². The lowest BCUT2D eigenvalue weighted by molar-refractivity contribution is -0.127. The zero-order valence-electron chi connectivity index (χ0n) is 25.3. The molecular weight excluding hydrogens is 564 g/mol. The number of carbonyl (C=O) groups is 2. The molecule has 2 heterocycles. The molecule has 3 aromatic carbocycles. The number of carbonyl (C=O) groups excluding carboxylic acids is 2. The van der Waals surface area contributed by atoms with Crippen LogP contribution in [0.5, 0.6) is 0 Å². The van der Waals surface area contributed by atoms with Gasteiger partial charge in [0.25, 0.3) is 0 Å². The molecule has 6 rings (SSSR count). The number of hydrogen-bond donors (Lipinski definition) is 3. The molecule has 1 aromatic heterocycles. The highest BCUT2D eigenvalue weighted by Crippen LogP contribution is 2.32. The van der Waals surface area contributed by atoms with Gasteiger partial charge < -0.3 is 25.3 Å². The Bertz CT molecular complexity index is 1570. The third-order valence-corrected chi connectivity index (χ3v) is 8.94. The number of amides is 3. The zero-order chi connectivity index (χ0) is 31.2. The average Bonchev–Trinajstić information content (AvgIpc) is 3.52. The summed E-state index contributed by atoms with van der Waals surface area (Å²) in [4.78, 5) is 35.5. The van der Waals surface area contributed by atoms with Gasteiger partial charge in [-0.15, -0.1) is 0 Å². The Morgan fingerprint density at radius 2 is 1.60 bits per heavy atom. The van der Waals surface area contributed by atoms with Crippen LogP contribution in [0, 0.1) is 5.92 Å². The first kappa shape index (κ1) is 30.5. The second kappa shape index (κ2) is 14.1. The van der Waals surface area contributed by atoms with E-state index in [-0.39, 0.29) is 30.9 Å². The van der Waals surface area contributed by atoms with Crippen molar-refractivity contribution in [1.29, 1.82) is 0 Å². The Balaban J connectivity index is 1.18. The second-order valence-electron chi connectivity index (χ2n) is 12.2. The number of hydrogen-bond acceptors (Lipinski definition) is 5. The Hall–Kier alpha value is -4.53. The summed E-state index contributed by atoms with van der Waals surface area (Å²) in [7, 11) is 0. The van der Waals surface area contributed by atoms with Crippen LogP contribution < -0.4 is 5.32 Å². The van der Waals surface area contributed by atoms with Gasteiger partial charge in [0, 0.05) is 31.6 Å². The van der Waals surface area contributed by atoms with Gasteiger partial charge in [-0.3, -0.25) is 9.78 Å². The second-order valence-corrected chi connectivity index (χ2v) is 12.2. The maximum absolute atomic E-state index is 13.8. The topological polar surface area (TPSA) is 106 Å². The minimum atomic E-state index is -0.928. The summed E-state index contributed by atoms with van der Waals surface area (Å²) in [6.45, 7) is 1.02. The molecule has 2 aliphatic rings. The number of rotatable bonds is 12. The third kappa shape index (κ3) is 7.41. The van der Waals surface area contributed by atoms with Gasteiger partial charge in [-0.1, -0.05) is 91.0 Å². The highest BCUT2D eigenvalue weighted by molar-refractivity contribution is 5.80. The van der Waals surface area contributed by atoms with E-state index in [2.05, 4.69) is 22.4 Å². The van der Waals surface area contributed by atoms with Crippen molar-refractivity contribution in [1.82, 2.24) is 20.1 Å². The predicted molar refractivity (Wildman–Crippen MR) is 172 cm³/mol. The van der Waals surface area contributed by atoms with Crippen molar-refractivity contribution in [2.45, 2.75) is 56.5 Å². The third-order valence-electron chi connectivity index (χ3n) is 8.94. The minimum Gasteiger partial charge on any atom is -0.391 e. The number of fused-ring (bicyclic) bond motifs is 1. The van der Waals surface area contributed by atoms with Crippen molar-refractivity contribution < 1.29 is 19.8 Å². The standard InChI is InChI=1S/C37H40N4O4/c42-32(25-41-31(20-27-13-5-2-6-14-27)24-40(37(41)45)23-30-16-9-10-18-38-30)21-29(19-26-11-3-1-4-12-26)36(44)39-35-33-17-8-7-15-28(33)22-34(35)43/h1-18,29,31-32,34-35,42-43H,19-25H2,(H,39,44)/t29-,31+,32+,34-,35+/m1/s1. The number of aromatic nitrogens is 1. The number of pyridine rings is 1. The molecule has 3 N–H and O–H groups in total. The highest BCUT2D eigenvalue weighted by atomic mass is 16.3. The molecule has 0 unspecified atom stereocenters. The van der Waals surface area contributed by atoms with Crippen LogP contribution in [0.15, 0.2) is 109 Å². The lowest BCUT2D eigenvalue weighted by Crippen LogP contribution is -2.44. The first-order valence-corrected chi connectivity index (χ1v) is 15.7. The van der Waals surface area contributed by atoms with E-state index in [4.69, 9.17) is 0 Å². The van der Waals surface area contributed by atoms with E-state index >= 15 is 0 Å². The van der Waals surface area contributed by atoms with Crippen molar-refractivity contribution in [3.63, 3.8) is 0 Å². The van der Waals surface area contributed by atoms with Gasteiger partial charge in [0.1, 0.15) is 0 Å². The van der Waals surface area contributed by atoms with E-state index < -0.39 is 24.2 Å². The Morgan fingerprint density at radius 3 is 2.33 bits per heavy atom. The summed E-state index contributed by atoms with van der Waals surface area (Å²) in [6, 6.07) is 32.5. The molecule has 0 saturated carbocycles. The quantitative estimate of drug-likeness (QED) is 0.224. The number of urea groups is 1. The predicted octanol–water partition coefficient (Wildman–Crippen LogP) is 4.31. The minimum absolute atomic E-state index is 0.114. The first-order valence-electron chi connectivity index (χ1n) is 15.7. The number of aliphatic hydroxyl groups excluding tert-OH is 2. The molecule has 0 radical (unpaired) electrons. The van der Waals surface area contributed by atoms with E-state index in [1.165, 1.54) is 0 Å². The van der Waals surface area contributed by atoms with Crippen LogP contribution in [0.3, 0.4) is 0 Å². The fourth-order valence-electron chi connectivity index (χ4n) is 6.71. The van der Waals surface area contributed by atoms with E-state index in [0.29, 0.717) is 32.4 Å². The van der Waals surface area contributed by atoms with Crippen LogP contribution >= 0.6 is 0 Å². The van der Waals surface area contributed by atoms with Crippen LogP contribution in [0.25, 0.3) is 0 Å². The number of nitrogens with one attached hydrogen (secondary N) is 1. The van der Waals surface area contributed by atoms with Crippen molar-refractivity contribution in [3.05, 3.63) is 137 Å². The summed E-state index contributed by atoms with van der Waals surface area (Å²) in [6.07, 6.45) is 1.84. The Labute approximate surface area is 264 Å². The lowest BCUT2D eigenvalue weighted by Gasteiger charge is -2.28. The molecule has 1 saturated heterocycles. The SMILES string of the molecule is O=C(N[C@H]1c2ccccc2C[C@H]1O)[C@H](Cc1ccccc1)C[C@H](O)CN1C(=O)N(Cc2ccccn2)C[C@@H]1Cc1ccccc1. The van der Waals surface area contributed by atoms with E-state index in [1.807, 2.05) is 91.0 Å². The van der Waals surface area contributed by atoms with Crippen LogP contribution in [0.2, 0.25) is 0 Å². The summed E-state index contributed by atoms with van der Waals surface area (Å²) in [5.41, 5.74) is 4.87. The first-order chi connectivity index (χ1) is 21.9. The molecule has 1 aliphatic heterocycles. The average molecular weight is 605 g/mol. The number of nitrogens with zero attached hydrogens (tertiary/aromatic N) is 3. The molecule has 1 aliphatic carbocycles. The fraction of sp³-hybridized carbons (Fsp3) is 0.324. The van der Waals surface area contributed by atoms with Crippen LogP contribution in [-0.2, 0) is 30.6 Å². The van der Waals surface area contributed by atoms with E-state index in [9.17, 15) is 19.8 Å². The van der Waals surface area contributed by atoms with E-state index in [0.717, 1.165) is 27.9 Å². The molecule has 232 valence electrons. The molecule has 0 spiro atoms. The molecule has 45 heavy (non-hydrogen) atoms. The smallest absolute Gasteiger partial charge is 0.320 e. The molecule has 8 heteroatoms. The van der Waals surface area contributed by atoms with Gasteiger partial charge in [-0.2, -0.15) is 0 Å². The largest absolute Gasteiger partial charge is 0.391 e. The monoisotopic (exact) mass is 604 g/mol. The van der Waals surface area contributed by atoms with Crippen molar-refractivity contribution >= 4 is 11.9 Å². The van der Waals surface area contributed by atoms with Crippen molar-refractivity contribution in [2.24, 2.45) is 5.92 Å². The van der Waals surface area contributed by atoms with Gasteiger partial charge >= 0.3 is 6.03 Å². The molecule has 1 fully saturated rings. The van der Waals surface area contributed by atoms with E-state index in [1.54, 1.807) is 16.0 Å². The van der Waals surface area contributed by atoms with Gasteiger partial charge in [0.05, 0.1) is 36.5 Å². The Morgan fingerprint density at radius 1 is 0.911 bits per heavy atom. The normalized spacial score (nSPS) is 20.6. The van der Waals surface area contributed by atoms with Crippen LogP contribution in [-0.4, -0.2) is 68.3 Å². The highest BCUT2D eigenvalue weighted by Gasteiger charge is 2.39. The lowest BCUT2D eigenvalue weighted by atomic mass is 9.91. The summed E-state index contributed by atoms with van der Waals surface area (Å²) in [5, 5.41) is 25.4. The number of benzene rings is 3. The van der Waals surface area contributed by atoms with Gasteiger partial charge in [0.15, 0.2) is 0 Å². The van der Waals surface area contributed by atoms with Crippen molar-refractivity contribution in [3.8, 4) is 0 Å². The maximum atomic E-state index is 13.8. The van der Waals surface area contributed by atoms with Gasteiger partial charge in [0.2, 0.25) is 5.91 Å². The molecule has 3 amide bonds. The number of β-amino-alcohol motifs (C(OH)–C–C–N with tert-alkyl or cyclic N) is 1. The van der Waals surface area contributed by atoms with Crippen LogP contribution in [0.4, 0.5) is 4.79 Å². The van der Waals surface area contributed by atoms with Gasteiger partial charge in [-0.05, 0) is 53.6 Å². The maximum Gasteiger partial charge on any atom is 0.320 e. The fourth-order valence-corrected chi connectivity index (χ4v) is 6.71. The summed E-state index contributed by atoms with van der Waals surface area (Å²) in [5.74, 6) is -0.777. The molecule has 4 aromatic rings. The summed E-state index contributed by atoms with van der Waals surface area (Å²) < 4.78 is 0.